The second kappa shape index (κ2) is 5.49. The highest BCUT2D eigenvalue weighted by Gasteiger charge is 2.35. The van der Waals surface area contributed by atoms with E-state index in [1.54, 1.807) is 4.90 Å². The molecule has 2 aliphatic heterocycles. The Morgan fingerprint density at radius 1 is 1.21 bits per heavy atom. The van der Waals surface area contributed by atoms with Crippen LogP contribution in [0.2, 0.25) is 0 Å². The summed E-state index contributed by atoms with van der Waals surface area (Å²) in [5.74, 6) is 0.171. The molecule has 0 aliphatic carbocycles. The molecule has 5 nitrogen and oxygen atoms in total. The van der Waals surface area contributed by atoms with Crippen LogP contribution in [0.5, 0.6) is 0 Å². The van der Waals surface area contributed by atoms with Crippen molar-refractivity contribution in [2.24, 2.45) is 5.92 Å². The fourth-order valence-corrected chi connectivity index (χ4v) is 2.81. The van der Waals surface area contributed by atoms with Crippen LogP contribution in [0.15, 0.2) is 0 Å². The lowest BCUT2D eigenvalue weighted by Gasteiger charge is -2.45. The minimum Gasteiger partial charge on any atom is -0.444 e. The molecule has 108 valence electrons. The molecule has 0 saturated carbocycles. The summed E-state index contributed by atoms with van der Waals surface area (Å²) in [6, 6.07) is 0.387. The molecule has 0 radical (unpaired) electrons. The third kappa shape index (κ3) is 3.69. The van der Waals surface area contributed by atoms with Crippen molar-refractivity contribution in [1.82, 2.24) is 9.80 Å². The highest BCUT2D eigenvalue weighted by Crippen LogP contribution is 2.24. The molecular formula is C14H24N2O3. The van der Waals surface area contributed by atoms with Gasteiger partial charge in [-0.05, 0) is 33.6 Å². The molecule has 2 aliphatic rings. The first-order valence-electron chi connectivity index (χ1n) is 7.06. The number of carbonyl (C=O) groups excluding carboxylic acids is 2. The van der Waals surface area contributed by atoms with Gasteiger partial charge in [0.15, 0.2) is 0 Å². The maximum Gasteiger partial charge on any atom is 0.410 e. The minimum atomic E-state index is -0.441. The summed E-state index contributed by atoms with van der Waals surface area (Å²) < 4.78 is 5.41. The number of aldehydes is 1. The normalized spacial score (nSPS) is 28.7. The van der Waals surface area contributed by atoms with Crippen molar-refractivity contribution in [1.29, 1.82) is 0 Å². The summed E-state index contributed by atoms with van der Waals surface area (Å²) in [6.45, 7) is 8.76. The number of nitrogens with zero attached hydrogens (tertiary/aromatic N) is 2. The summed E-state index contributed by atoms with van der Waals surface area (Å²) in [5, 5.41) is 0. The number of hydrogen-bond donors (Lipinski definition) is 0. The van der Waals surface area contributed by atoms with Gasteiger partial charge in [0.25, 0.3) is 0 Å². The first kappa shape index (κ1) is 14.3. The number of ether oxygens (including phenoxy) is 1. The second-order valence-corrected chi connectivity index (χ2v) is 6.55. The molecule has 0 aromatic rings. The summed E-state index contributed by atoms with van der Waals surface area (Å²) >= 11 is 0. The largest absolute Gasteiger partial charge is 0.444 e. The highest BCUT2D eigenvalue weighted by molar-refractivity contribution is 5.68. The van der Waals surface area contributed by atoms with Gasteiger partial charge in [-0.25, -0.2) is 4.79 Å². The average Bonchev–Trinajstić information content (AvgIpc) is 2.35. The second-order valence-electron chi connectivity index (χ2n) is 6.55. The van der Waals surface area contributed by atoms with Gasteiger partial charge in [-0.2, -0.15) is 0 Å². The number of rotatable bonds is 1. The topological polar surface area (TPSA) is 49.9 Å². The van der Waals surface area contributed by atoms with Gasteiger partial charge in [-0.1, -0.05) is 0 Å². The first-order chi connectivity index (χ1) is 8.89. The van der Waals surface area contributed by atoms with E-state index in [2.05, 4.69) is 4.90 Å². The Labute approximate surface area is 114 Å². The smallest absolute Gasteiger partial charge is 0.410 e. The summed E-state index contributed by atoms with van der Waals surface area (Å²) in [4.78, 5) is 27.0. The molecule has 5 heteroatoms. The molecule has 2 heterocycles. The Kier molecular flexibility index (Phi) is 4.13. The van der Waals surface area contributed by atoms with Gasteiger partial charge in [0.2, 0.25) is 0 Å². The van der Waals surface area contributed by atoms with Gasteiger partial charge in [0.05, 0.1) is 0 Å². The molecule has 0 bridgehead atoms. The number of hydrogen-bond acceptors (Lipinski definition) is 4. The van der Waals surface area contributed by atoms with Crippen LogP contribution in [0.25, 0.3) is 0 Å². The van der Waals surface area contributed by atoms with Crippen LogP contribution in [-0.4, -0.2) is 60.0 Å². The third-order valence-corrected chi connectivity index (χ3v) is 3.79. The number of piperazine rings is 1. The Morgan fingerprint density at radius 3 is 2.58 bits per heavy atom. The minimum absolute atomic E-state index is 0.171. The van der Waals surface area contributed by atoms with Gasteiger partial charge < -0.3 is 14.4 Å². The number of carbonyl (C=O) groups is 2. The van der Waals surface area contributed by atoms with Crippen molar-refractivity contribution in [3.05, 3.63) is 0 Å². The van der Waals surface area contributed by atoms with Crippen molar-refractivity contribution >= 4 is 12.4 Å². The van der Waals surface area contributed by atoms with Gasteiger partial charge in [-0.15, -0.1) is 0 Å². The van der Waals surface area contributed by atoms with E-state index in [1.165, 1.54) is 0 Å². The van der Waals surface area contributed by atoms with E-state index in [9.17, 15) is 9.59 Å². The van der Waals surface area contributed by atoms with Crippen molar-refractivity contribution in [3.8, 4) is 0 Å². The Balaban J connectivity index is 1.89. The zero-order chi connectivity index (χ0) is 14.0. The van der Waals surface area contributed by atoms with Crippen molar-refractivity contribution < 1.29 is 14.3 Å². The molecule has 0 aromatic carbocycles. The molecule has 2 atom stereocenters. The predicted octanol–water partition coefficient (Wildman–Crippen LogP) is 1.52. The zero-order valence-corrected chi connectivity index (χ0v) is 12.1. The third-order valence-electron chi connectivity index (χ3n) is 3.79. The predicted molar refractivity (Wildman–Crippen MR) is 72.0 cm³/mol. The molecule has 2 rings (SSSR count). The van der Waals surface area contributed by atoms with Gasteiger partial charge in [-0.3, -0.25) is 4.90 Å². The maximum absolute atomic E-state index is 12.0. The van der Waals surface area contributed by atoms with E-state index < -0.39 is 5.60 Å². The molecule has 0 N–H and O–H groups in total. The summed E-state index contributed by atoms with van der Waals surface area (Å²) in [5.41, 5.74) is -0.441. The summed E-state index contributed by atoms with van der Waals surface area (Å²) in [6.07, 6.45) is 2.77. The maximum atomic E-state index is 12.0. The standard InChI is InChI=1S/C14H24N2O3/c1-14(2,3)19-13(18)16-7-6-15-8-11(10-17)4-5-12(15)9-16/h10-12H,4-9H2,1-3H3/t11-,12+/m1/s1. The number of fused-ring (bicyclic) bond motifs is 1. The molecule has 2 fully saturated rings. The quantitative estimate of drug-likeness (QED) is 0.677. The van der Waals surface area contributed by atoms with Crippen molar-refractivity contribution in [2.45, 2.75) is 45.3 Å². The van der Waals surface area contributed by atoms with Gasteiger partial charge in [0.1, 0.15) is 11.9 Å². The SMILES string of the molecule is CC(C)(C)OC(=O)N1CCN2C[C@H](C=O)CC[C@H]2C1. The Bertz CT molecular complexity index is 351. The van der Waals surface area contributed by atoms with Crippen LogP contribution in [0.4, 0.5) is 4.79 Å². The lowest BCUT2D eigenvalue weighted by atomic mass is 9.92. The van der Waals surface area contributed by atoms with Crippen LogP contribution in [0, 0.1) is 5.92 Å². The zero-order valence-electron chi connectivity index (χ0n) is 12.1. The van der Waals surface area contributed by atoms with E-state index in [-0.39, 0.29) is 12.0 Å². The molecule has 0 unspecified atom stereocenters. The van der Waals surface area contributed by atoms with Crippen LogP contribution in [0.3, 0.4) is 0 Å². The monoisotopic (exact) mass is 268 g/mol. The average molecular weight is 268 g/mol. The van der Waals surface area contributed by atoms with Crippen molar-refractivity contribution in [3.63, 3.8) is 0 Å². The molecule has 2 saturated heterocycles. The molecule has 0 spiro atoms. The summed E-state index contributed by atoms with van der Waals surface area (Å²) in [7, 11) is 0. The lowest BCUT2D eigenvalue weighted by molar-refractivity contribution is -0.113. The fourth-order valence-electron chi connectivity index (χ4n) is 2.81. The van der Waals surface area contributed by atoms with Crippen LogP contribution in [0.1, 0.15) is 33.6 Å². The molecule has 1 amide bonds. The fraction of sp³-hybridized carbons (Fsp3) is 0.857. The van der Waals surface area contributed by atoms with E-state index in [0.29, 0.717) is 12.6 Å². The van der Waals surface area contributed by atoms with E-state index >= 15 is 0 Å². The van der Waals surface area contributed by atoms with E-state index in [1.807, 2.05) is 20.8 Å². The number of piperidine rings is 1. The van der Waals surface area contributed by atoms with Crippen LogP contribution in [-0.2, 0) is 9.53 Å². The van der Waals surface area contributed by atoms with Crippen molar-refractivity contribution in [2.75, 3.05) is 26.2 Å². The van der Waals surface area contributed by atoms with E-state index in [0.717, 1.165) is 38.8 Å². The first-order valence-corrected chi connectivity index (χ1v) is 7.06. The molecular weight excluding hydrogens is 244 g/mol. The van der Waals surface area contributed by atoms with Crippen LogP contribution >= 0.6 is 0 Å². The Morgan fingerprint density at radius 2 is 1.95 bits per heavy atom. The van der Waals surface area contributed by atoms with E-state index in [4.69, 9.17) is 4.74 Å². The van der Waals surface area contributed by atoms with Crippen LogP contribution < -0.4 is 0 Å². The number of amides is 1. The molecule has 19 heavy (non-hydrogen) atoms. The Hall–Kier alpha value is -1.10. The van der Waals surface area contributed by atoms with Gasteiger partial charge >= 0.3 is 6.09 Å². The lowest BCUT2D eigenvalue weighted by Crippen LogP contribution is -2.58. The molecule has 0 aromatic heterocycles. The van der Waals surface area contributed by atoms with Gasteiger partial charge in [0, 0.05) is 38.1 Å². The highest BCUT2D eigenvalue weighted by atomic mass is 16.6.